The molecule has 1 heterocycles. The summed E-state index contributed by atoms with van der Waals surface area (Å²) in [4.78, 5) is 12.4. The summed E-state index contributed by atoms with van der Waals surface area (Å²) in [6.07, 6.45) is 0. The van der Waals surface area contributed by atoms with Crippen molar-refractivity contribution in [3.63, 3.8) is 0 Å². The third-order valence-electron chi connectivity index (χ3n) is 3.85. The molecule has 1 aromatic heterocycles. The van der Waals surface area contributed by atoms with E-state index in [1.807, 2.05) is 55.5 Å². The van der Waals surface area contributed by atoms with Gasteiger partial charge in [-0.05, 0) is 31.5 Å². The van der Waals surface area contributed by atoms with Crippen LogP contribution in [0.3, 0.4) is 0 Å². The van der Waals surface area contributed by atoms with Crippen molar-refractivity contribution in [1.82, 2.24) is 15.0 Å². The van der Waals surface area contributed by atoms with E-state index in [9.17, 15) is 4.79 Å². The molecule has 0 atom stereocenters. The first-order valence-electron chi connectivity index (χ1n) is 7.88. The number of rotatable bonds is 5. The van der Waals surface area contributed by atoms with Gasteiger partial charge in [-0.25, -0.2) is 9.48 Å². The van der Waals surface area contributed by atoms with Crippen LogP contribution in [0.15, 0.2) is 48.5 Å². The van der Waals surface area contributed by atoms with Gasteiger partial charge in [-0.1, -0.05) is 47.2 Å². The van der Waals surface area contributed by atoms with Gasteiger partial charge in [-0.3, -0.25) is 0 Å². The maximum absolute atomic E-state index is 12.4. The lowest BCUT2D eigenvalue weighted by atomic mass is 10.1. The van der Waals surface area contributed by atoms with Crippen LogP contribution >= 0.6 is 0 Å². The molecule has 6 heteroatoms. The van der Waals surface area contributed by atoms with Crippen molar-refractivity contribution in [2.24, 2.45) is 0 Å². The van der Waals surface area contributed by atoms with Crippen molar-refractivity contribution in [3.05, 3.63) is 71.0 Å². The zero-order valence-corrected chi connectivity index (χ0v) is 14.4. The second-order valence-corrected chi connectivity index (χ2v) is 5.67. The number of aromatic nitrogens is 3. The van der Waals surface area contributed by atoms with Crippen molar-refractivity contribution >= 4 is 5.97 Å². The Balaban J connectivity index is 1.79. The molecule has 0 saturated heterocycles. The van der Waals surface area contributed by atoms with Gasteiger partial charge in [-0.2, -0.15) is 0 Å². The monoisotopic (exact) mass is 337 g/mol. The lowest BCUT2D eigenvalue weighted by Crippen LogP contribution is -2.08. The Kier molecular flexibility index (Phi) is 4.79. The Hall–Kier alpha value is -3.15. The molecule has 0 N–H and O–H groups in total. The minimum absolute atomic E-state index is 0.193. The van der Waals surface area contributed by atoms with E-state index in [-0.39, 0.29) is 12.3 Å². The minimum atomic E-state index is -0.500. The van der Waals surface area contributed by atoms with E-state index in [4.69, 9.17) is 9.47 Å². The van der Waals surface area contributed by atoms with Crippen LogP contribution in [-0.2, 0) is 11.3 Å². The molecule has 3 rings (SSSR count). The zero-order valence-electron chi connectivity index (χ0n) is 14.4. The molecule has 0 saturated carbocycles. The highest BCUT2D eigenvalue weighted by Gasteiger charge is 2.20. The highest BCUT2D eigenvalue weighted by Crippen LogP contribution is 2.23. The first kappa shape index (κ1) is 16.7. The molecule has 0 unspecified atom stereocenters. The predicted octanol–water partition coefficient (Wildman–Crippen LogP) is 3.25. The number of nitrogens with zero attached hydrogens (tertiary/aromatic N) is 3. The highest BCUT2D eigenvalue weighted by atomic mass is 16.5. The van der Waals surface area contributed by atoms with E-state index in [0.717, 1.165) is 11.1 Å². The normalized spacial score (nSPS) is 10.5. The number of ether oxygens (including phenoxy) is 2. The van der Waals surface area contributed by atoms with Crippen LogP contribution in [0.25, 0.3) is 5.69 Å². The fourth-order valence-electron chi connectivity index (χ4n) is 2.57. The van der Waals surface area contributed by atoms with E-state index >= 15 is 0 Å². The number of para-hydroxylation sites is 2. The molecule has 0 fully saturated rings. The van der Waals surface area contributed by atoms with E-state index < -0.39 is 5.97 Å². The van der Waals surface area contributed by atoms with Crippen LogP contribution in [0, 0.1) is 13.8 Å². The lowest BCUT2D eigenvalue weighted by molar-refractivity contribution is 0.0464. The highest BCUT2D eigenvalue weighted by molar-refractivity contribution is 5.88. The Morgan fingerprint density at radius 2 is 1.92 bits per heavy atom. The number of methoxy groups -OCH3 is 1. The number of esters is 1. The van der Waals surface area contributed by atoms with Crippen molar-refractivity contribution < 1.29 is 14.3 Å². The summed E-state index contributed by atoms with van der Waals surface area (Å²) in [5, 5.41) is 8.05. The van der Waals surface area contributed by atoms with Crippen LogP contribution in [0.1, 0.15) is 27.3 Å². The molecule has 0 radical (unpaired) electrons. The molecule has 0 aliphatic carbocycles. The van der Waals surface area contributed by atoms with Crippen molar-refractivity contribution in [2.45, 2.75) is 20.5 Å². The van der Waals surface area contributed by atoms with Crippen LogP contribution in [0.5, 0.6) is 5.75 Å². The van der Waals surface area contributed by atoms with Crippen molar-refractivity contribution in [3.8, 4) is 11.4 Å². The van der Waals surface area contributed by atoms with Crippen LogP contribution in [0.4, 0.5) is 0 Å². The quantitative estimate of drug-likeness (QED) is 0.669. The lowest BCUT2D eigenvalue weighted by Gasteiger charge is -2.09. The average molecular weight is 337 g/mol. The topological polar surface area (TPSA) is 66.2 Å². The molecule has 0 spiro atoms. The van der Waals surface area contributed by atoms with Gasteiger partial charge in [0.05, 0.1) is 12.8 Å². The molecule has 0 bridgehead atoms. The maximum Gasteiger partial charge on any atom is 0.361 e. The summed E-state index contributed by atoms with van der Waals surface area (Å²) < 4.78 is 12.3. The van der Waals surface area contributed by atoms with E-state index in [1.165, 1.54) is 0 Å². The Morgan fingerprint density at radius 1 is 1.12 bits per heavy atom. The first-order valence-corrected chi connectivity index (χ1v) is 7.88. The average Bonchev–Trinajstić information content (AvgIpc) is 3.01. The maximum atomic E-state index is 12.4. The SMILES string of the molecule is COc1ccccc1-n1nnc(C(=O)OCc2cccc(C)c2)c1C. The minimum Gasteiger partial charge on any atom is -0.494 e. The predicted molar refractivity (Wildman–Crippen MR) is 92.9 cm³/mol. The van der Waals surface area contributed by atoms with Gasteiger partial charge < -0.3 is 9.47 Å². The van der Waals surface area contributed by atoms with Gasteiger partial charge >= 0.3 is 5.97 Å². The van der Waals surface area contributed by atoms with Crippen molar-refractivity contribution in [1.29, 1.82) is 0 Å². The van der Waals surface area contributed by atoms with Crippen LogP contribution in [-0.4, -0.2) is 28.1 Å². The zero-order chi connectivity index (χ0) is 17.8. The summed E-state index contributed by atoms with van der Waals surface area (Å²) in [5.74, 6) is 0.148. The first-order chi connectivity index (χ1) is 12.1. The second kappa shape index (κ2) is 7.17. The molecule has 25 heavy (non-hydrogen) atoms. The Bertz CT molecular complexity index is 902. The molecule has 0 aliphatic rings. The standard InChI is InChI=1S/C19H19N3O3/c1-13-7-6-8-15(11-13)12-25-19(23)18-14(2)22(21-20-18)16-9-4-5-10-17(16)24-3/h4-11H,12H2,1-3H3. The number of hydrogen-bond acceptors (Lipinski definition) is 5. The van der Waals surface area contributed by atoms with Crippen LogP contribution in [0.2, 0.25) is 0 Å². The van der Waals surface area contributed by atoms with E-state index in [0.29, 0.717) is 17.1 Å². The van der Waals surface area contributed by atoms with Crippen LogP contribution < -0.4 is 4.74 Å². The molecule has 2 aromatic carbocycles. The molecule has 3 aromatic rings. The van der Waals surface area contributed by atoms with Gasteiger partial charge in [0.25, 0.3) is 0 Å². The van der Waals surface area contributed by atoms with E-state index in [1.54, 1.807) is 18.7 Å². The third-order valence-corrected chi connectivity index (χ3v) is 3.85. The summed E-state index contributed by atoms with van der Waals surface area (Å²) in [5.41, 5.74) is 3.56. The summed E-state index contributed by atoms with van der Waals surface area (Å²) >= 11 is 0. The van der Waals surface area contributed by atoms with Gasteiger partial charge in [0.1, 0.15) is 18.0 Å². The third kappa shape index (κ3) is 3.52. The number of carbonyl (C=O) groups is 1. The fourth-order valence-corrected chi connectivity index (χ4v) is 2.57. The Morgan fingerprint density at radius 3 is 2.68 bits per heavy atom. The van der Waals surface area contributed by atoms with Gasteiger partial charge in [-0.15, -0.1) is 5.10 Å². The number of benzene rings is 2. The van der Waals surface area contributed by atoms with Gasteiger partial charge in [0.15, 0.2) is 5.69 Å². The molecular weight excluding hydrogens is 318 g/mol. The molecule has 128 valence electrons. The Labute approximate surface area is 146 Å². The van der Waals surface area contributed by atoms with E-state index in [2.05, 4.69) is 10.3 Å². The van der Waals surface area contributed by atoms with Gasteiger partial charge in [0.2, 0.25) is 0 Å². The number of carbonyl (C=O) groups excluding carboxylic acids is 1. The number of aryl methyl sites for hydroxylation is 1. The number of hydrogen-bond donors (Lipinski definition) is 0. The molecule has 0 aliphatic heterocycles. The fraction of sp³-hybridized carbons (Fsp3) is 0.211. The second-order valence-electron chi connectivity index (χ2n) is 5.67. The smallest absolute Gasteiger partial charge is 0.361 e. The summed E-state index contributed by atoms with van der Waals surface area (Å²) in [6, 6.07) is 15.2. The molecule has 0 amide bonds. The summed E-state index contributed by atoms with van der Waals surface area (Å²) in [6.45, 7) is 3.96. The van der Waals surface area contributed by atoms with Gasteiger partial charge in [0, 0.05) is 0 Å². The molecular formula is C19H19N3O3. The largest absolute Gasteiger partial charge is 0.494 e. The molecule has 6 nitrogen and oxygen atoms in total. The van der Waals surface area contributed by atoms with Crippen molar-refractivity contribution in [2.75, 3.05) is 7.11 Å². The summed E-state index contributed by atoms with van der Waals surface area (Å²) in [7, 11) is 1.59.